The molecular formula is C17H26N2. The summed E-state index contributed by atoms with van der Waals surface area (Å²) in [5.74, 6) is 1.00. The lowest BCUT2D eigenvalue weighted by atomic mass is 10.0. The van der Waals surface area contributed by atoms with E-state index in [-0.39, 0.29) is 0 Å². The fraction of sp³-hybridized carbons (Fsp3) is 0.647. The quantitative estimate of drug-likeness (QED) is 0.873. The van der Waals surface area contributed by atoms with Crippen molar-refractivity contribution in [2.75, 3.05) is 19.6 Å². The summed E-state index contributed by atoms with van der Waals surface area (Å²) in [6.45, 7) is 6.06. The highest BCUT2D eigenvalue weighted by Gasteiger charge is 2.31. The highest BCUT2D eigenvalue weighted by atomic mass is 15.2. The van der Waals surface area contributed by atoms with Crippen LogP contribution >= 0.6 is 0 Å². The van der Waals surface area contributed by atoms with Gasteiger partial charge >= 0.3 is 0 Å². The number of piperazine rings is 1. The number of rotatable bonds is 5. The van der Waals surface area contributed by atoms with Crippen molar-refractivity contribution >= 4 is 0 Å². The normalized spacial score (nSPS) is 28.5. The van der Waals surface area contributed by atoms with Gasteiger partial charge in [-0.25, -0.2) is 0 Å². The molecule has 2 nitrogen and oxygen atoms in total. The van der Waals surface area contributed by atoms with Crippen LogP contribution in [-0.4, -0.2) is 36.6 Å². The Labute approximate surface area is 117 Å². The van der Waals surface area contributed by atoms with Gasteiger partial charge in [0.25, 0.3) is 0 Å². The Morgan fingerprint density at radius 1 is 1.21 bits per heavy atom. The lowest BCUT2D eigenvalue weighted by molar-refractivity contribution is 0.121. The summed E-state index contributed by atoms with van der Waals surface area (Å²) in [5.41, 5.74) is 1.46. The van der Waals surface area contributed by atoms with Crippen LogP contribution in [0.3, 0.4) is 0 Å². The minimum absolute atomic E-state index is 0.629. The fourth-order valence-electron chi connectivity index (χ4n) is 3.22. The molecule has 1 N–H and O–H groups in total. The number of nitrogens with one attached hydrogen (secondary N) is 1. The molecule has 19 heavy (non-hydrogen) atoms. The molecule has 1 aromatic carbocycles. The van der Waals surface area contributed by atoms with E-state index in [1.54, 1.807) is 0 Å². The van der Waals surface area contributed by atoms with Crippen molar-refractivity contribution < 1.29 is 0 Å². The van der Waals surface area contributed by atoms with Gasteiger partial charge in [-0.1, -0.05) is 37.3 Å². The molecule has 2 aliphatic rings. The molecule has 2 unspecified atom stereocenters. The standard InChI is InChI=1S/C17H26N2/c1-2-17-11-18-16(10-14-6-4-3-5-7-14)13-19(17)12-15-8-9-15/h3-7,15-18H,2,8-13H2,1H3. The lowest BCUT2D eigenvalue weighted by Gasteiger charge is -2.40. The van der Waals surface area contributed by atoms with Crippen LogP contribution in [0.4, 0.5) is 0 Å². The maximum atomic E-state index is 3.75. The van der Waals surface area contributed by atoms with Crippen molar-refractivity contribution in [1.29, 1.82) is 0 Å². The molecule has 0 spiro atoms. The van der Waals surface area contributed by atoms with Crippen molar-refractivity contribution in [3.8, 4) is 0 Å². The molecule has 1 aromatic rings. The van der Waals surface area contributed by atoms with Crippen molar-refractivity contribution in [1.82, 2.24) is 10.2 Å². The second-order valence-electron chi connectivity index (χ2n) is 6.25. The van der Waals surface area contributed by atoms with Gasteiger partial charge in [-0.2, -0.15) is 0 Å². The average Bonchev–Trinajstić information content (AvgIpc) is 3.24. The smallest absolute Gasteiger partial charge is 0.0236 e. The summed E-state index contributed by atoms with van der Waals surface area (Å²) in [7, 11) is 0. The summed E-state index contributed by atoms with van der Waals surface area (Å²) in [4.78, 5) is 2.75. The summed E-state index contributed by atoms with van der Waals surface area (Å²) in [5, 5.41) is 3.75. The molecule has 1 aliphatic carbocycles. The van der Waals surface area contributed by atoms with E-state index >= 15 is 0 Å². The molecule has 104 valence electrons. The van der Waals surface area contributed by atoms with Crippen LogP contribution in [0.15, 0.2) is 30.3 Å². The monoisotopic (exact) mass is 258 g/mol. The molecule has 0 bridgehead atoms. The summed E-state index contributed by atoms with van der Waals surface area (Å²) in [6, 6.07) is 12.3. The van der Waals surface area contributed by atoms with Gasteiger partial charge in [0.2, 0.25) is 0 Å². The highest BCUT2D eigenvalue weighted by molar-refractivity contribution is 5.16. The van der Waals surface area contributed by atoms with Gasteiger partial charge < -0.3 is 5.32 Å². The van der Waals surface area contributed by atoms with E-state index in [9.17, 15) is 0 Å². The fourth-order valence-corrected chi connectivity index (χ4v) is 3.22. The van der Waals surface area contributed by atoms with E-state index in [1.807, 2.05) is 0 Å². The third-order valence-corrected chi connectivity index (χ3v) is 4.60. The van der Waals surface area contributed by atoms with Crippen LogP contribution < -0.4 is 5.32 Å². The van der Waals surface area contributed by atoms with E-state index in [2.05, 4.69) is 47.5 Å². The first-order chi connectivity index (χ1) is 9.35. The van der Waals surface area contributed by atoms with Gasteiger partial charge in [-0.05, 0) is 37.2 Å². The Morgan fingerprint density at radius 3 is 2.68 bits per heavy atom. The van der Waals surface area contributed by atoms with Gasteiger partial charge in [0, 0.05) is 31.7 Å². The predicted molar refractivity (Wildman–Crippen MR) is 80.3 cm³/mol. The van der Waals surface area contributed by atoms with Crippen molar-refractivity contribution in [3.63, 3.8) is 0 Å². The SMILES string of the molecule is CCC1CNC(Cc2ccccc2)CN1CC1CC1. The topological polar surface area (TPSA) is 15.3 Å². The van der Waals surface area contributed by atoms with Crippen molar-refractivity contribution in [3.05, 3.63) is 35.9 Å². The molecular weight excluding hydrogens is 232 g/mol. The van der Waals surface area contributed by atoms with Crippen molar-refractivity contribution in [2.24, 2.45) is 5.92 Å². The van der Waals surface area contributed by atoms with Gasteiger partial charge in [-0.3, -0.25) is 4.90 Å². The number of hydrogen-bond donors (Lipinski definition) is 1. The highest BCUT2D eigenvalue weighted by Crippen LogP contribution is 2.31. The molecule has 3 rings (SSSR count). The molecule has 2 heteroatoms. The Bertz CT molecular complexity index is 386. The molecule has 1 heterocycles. The van der Waals surface area contributed by atoms with E-state index in [4.69, 9.17) is 0 Å². The molecule has 0 radical (unpaired) electrons. The Morgan fingerprint density at radius 2 is 2.00 bits per heavy atom. The van der Waals surface area contributed by atoms with E-state index in [0.29, 0.717) is 6.04 Å². The minimum atomic E-state index is 0.629. The van der Waals surface area contributed by atoms with E-state index in [0.717, 1.165) is 12.0 Å². The van der Waals surface area contributed by atoms with Crippen LogP contribution in [0.25, 0.3) is 0 Å². The molecule has 0 amide bonds. The van der Waals surface area contributed by atoms with Gasteiger partial charge in [0.05, 0.1) is 0 Å². The number of benzene rings is 1. The van der Waals surface area contributed by atoms with Gasteiger partial charge in [0.1, 0.15) is 0 Å². The summed E-state index contributed by atoms with van der Waals surface area (Å²) in [6.07, 6.45) is 5.36. The minimum Gasteiger partial charge on any atom is -0.311 e. The lowest BCUT2D eigenvalue weighted by Crippen LogP contribution is -2.57. The predicted octanol–water partition coefficient (Wildman–Crippen LogP) is 2.69. The van der Waals surface area contributed by atoms with Crippen LogP contribution in [0, 0.1) is 5.92 Å². The van der Waals surface area contributed by atoms with Crippen LogP contribution in [0.5, 0.6) is 0 Å². The summed E-state index contributed by atoms with van der Waals surface area (Å²) >= 11 is 0. The molecule has 1 aliphatic heterocycles. The van der Waals surface area contributed by atoms with Gasteiger partial charge in [0.15, 0.2) is 0 Å². The Balaban J connectivity index is 1.58. The van der Waals surface area contributed by atoms with Crippen LogP contribution in [-0.2, 0) is 6.42 Å². The zero-order valence-electron chi connectivity index (χ0n) is 12.0. The first-order valence-corrected chi connectivity index (χ1v) is 7.86. The summed E-state index contributed by atoms with van der Waals surface area (Å²) < 4.78 is 0. The van der Waals surface area contributed by atoms with E-state index < -0.39 is 0 Å². The van der Waals surface area contributed by atoms with Gasteiger partial charge in [-0.15, -0.1) is 0 Å². The molecule has 1 saturated heterocycles. The second-order valence-corrected chi connectivity index (χ2v) is 6.25. The number of nitrogens with zero attached hydrogens (tertiary/aromatic N) is 1. The van der Waals surface area contributed by atoms with Crippen molar-refractivity contribution in [2.45, 2.75) is 44.7 Å². The van der Waals surface area contributed by atoms with E-state index in [1.165, 1.54) is 50.9 Å². The average molecular weight is 258 g/mol. The van der Waals surface area contributed by atoms with Crippen LogP contribution in [0.1, 0.15) is 31.7 Å². The zero-order chi connectivity index (χ0) is 13.1. The largest absolute Gasteiger partial charge is 0.311 e. The second kappa shape index (κ2) is 6.06. The third-order valence-electron chi connectivity index (χ3n) is 4.60. The number of hydrogen-bond acceptors (Lipinski definition) is 2. The molecule has 0 aromatic heterocycles. The maximum absolute atomic E-state index is 3.75. The molecule has 2 atom stereocenters. The molecule has 2 fully saturated rings. The maximum Gasteiger partial charge on any atom is 0.0236 e. The first-order valence-electron chi connectivity index (χ1n) is 7.86. The third kappa shape index (κ3) is 3.58. The Hall–Kier alpha value is -0.860. The molecule has 1 saturated carbocycles. The Kier molecular flexibility index (Phi) is 4.19. The zero-order valence-corrected chi connectivity index (χ0v) is 12.0. The first kappa shape index (κ1) is 13.1. The van der Waals surface area contributed by atoms with Crippen LogP contribution in [0.2, 0.25) is 0 Å².